The van der Waals surface area contributed by atoms with Gasteiger partial charge in [-0.15, -0.1) is 6.42 Å². The van der Waals surface area contributed by atoms with Crippen LogP contribution >= 0.6 is 0 Å². The van der Waals surface area contributed by atoms with Gasteiger partial charge >= 0.3 is 0 Å². The Labute approximate surface area is 128 Å². The Hall–Kier alpha value is -1.30. The number of unbranched alkanes of at least 4 members (excludes halogenated alkanes) is 2. The van der Waals surface area contributed by atoms with Gasteiger partial charge in [0.15, 0.2) is 0 Å². The molecule has 1 unspecified atom stereocenters. The van der Waals surface area contributed by atoms with Gasteiger partial charge in [-0.1, -0.05) is 56.6 Å². The predicted octanol–water partition coefficient (Wildman–Crippen LogP) is 3.90. The van der Waals surface area contributed by atoms with Gasteiger partial charge in [0.1, 0.15) is 6.61 Å². The van der Waals surface area contributed by atoms with Gasteiger partial charge in [0.25, 0.3) is 0 Å². The zero-order valence-corrected chi connectivity index (χ0v) is 13.0. The van der Waals surface area contributed by atoms with Crippen molar-refractivity contribution in [1.29, 1.82) is 0 Å². The standard InChI is InChI=1S/C19H26O2/c1-4-7-8-9-10-16-13-17-12-15(6-3)14-21-19(17)18(16)20-11-5-2/h2,6,9-10,12,16-19H,3-4,7-8,11,13-14H2,1H3/b10-9+/t16-,17+,18-,19?/m1/s1. The highest BCUT2D eigenvalue weighted by Crippen LogP contribution is 2.40. The second-order valence-electron chi connectivity index (χ2n) is 5.83. The molecule has 0 aromatic carbocycles. The fourth-order valence-electron chi connectivity index (χ4n) is 3.24. The first-order chi connectivity index (χ1) is 10.3. The molecule has 0 bridgehead atoms. The molecule has 2 heteroatoms. The quantitative estimate of drug-likeness (QED) is 0.401. The van der Waals surface area contributed by atoms with Crippen molar-refractivity contribution in [2.45, 2.75) is 44.8 Å². The summed E-state index contributed by atoms with van der Waals surface area (Å²) >= 11 is 0. The minimum Gasteiger partial charge on any atom is -0.370 e. The average Bonchev–Trinajstić information content (AvgIpc) is 2.86. The Morgan fingerprint density at radius 2 is 2.43 bits per heavy atom. The van der Waals surface area contributed by atoms with E-state index in [0.29, 0.717) is 25.0 Å². The van der Waals surface area contributed by atoms with Crippen LogP contribution in [-0.2, 0) is 9.47 Å². The van der Waals surface area contributed by atoms with Crippen LogP contribution in [0.3, 0.4) is 0 Å². The van der Waals surface area contributed by atoms with Gasteiger partial charge in [-0.05, 0) is 18.4 Å². The maximum atomic E-state index is 6.01. The van der Waals surface area contributed by atoms with Crippen molar-refractivity contribution >= 4 is 0 Å². The minimum absolute atomic E-state index is 0.0755. The molecule has 0 aromatic rings. The highest BCUT2D eigenvalue weighted by molar-refractivity contribution is 5.23. The molecule has 0 amide bonds. The van der Waals surface area contributed by atoms with E-state index in [0.717, 1.165) is 12.8 Å². The van der Waals surface area contributed by atoms with Crippen LogP contribution in [0, 0.1) is 24.2 Å². The summed E-state index contributed by atoms with van der Waals surface area (Å²) in [5.41, 5.74) is 1.18. The highest BCUT2D eigenvalue weighted by Gasteiger charge is 2.44. The fraction of sp³-hybridized carbons (Fsp3) is 0.579. The van der Waals surface area contributed by atoms with Crippen molar-refractivity contribution in [2.24, 2.45) is 11.8 Å². The first-order valence-electron chi connectivity index (χ1n) is 7.96. The molecule has 1 saturated carbocycles. The zero-order valence-electron chi connectivity index (χ0n) is 13.0. The summed E-state index contributed by atoms with van der Waals surface area (Å²) in [6.07, 6.45) is 19.0. The summed E-state index contributed by atoms with van der Waals surface area (Å²) < 4.78 is 11.9. The smallest absolute Gasteiger partial charge is 0.107 e. The van der Waals surface area contributed by atoms with E-state index in [2.05, 4.69) is 37.7 Å². The third-order valence-corrected chi connectivity index (χ3v) is 4.31. The Balaban J connectivity index is 2.05. The van der Waals surface area contributed by atoms with Crippen LogP contribution < -0.4 is 0 Å². The fourth-order valence-corrected chi connectivity index (χ4v) is 3.24. The van der Waals surface area contributed by atoms with E-state index < -0.39 is 0 Å². The zero-order chi connectivity index (χ0) is 15.1. The number of rotatable bonds is 7. The number of terminal acetylenes is 1. The Kier molecular flexibility index (Phi) is 6.29. The van der Waals surface area contributed by atoms with Gasteiger partial charge in [-0.2, -0.15) is 0 Å². The lowest BCUT2D eigenvalue weighted by Crippen LogP contribution is -2.35. The Morgan fingerprint density at radius 1 is 1.57 bits per heavy atom. The van der Waals surface area contributed by atoms with Gasteiger partial charge in [0.2, 0.25) is 0 Å². The number of allylic oxidation sites excluding steroid dienone is 1. The molecule has 2 nitrogen and oxygen atoms in total. The van der Waals surface area contributed by atoms with Gasteiger partial charge in [0, 0.05) is 11.8 Å². The third-order valence-electron chi connectivity index (χ3n) is 4.31. The normalized spacial score (nSPS) is 31.7. The lowest BCUT2D eigenvalue weighted by molar-refractivity contribution is -0.0637. The van der Waals surface area contributed by atoms with Gasteiger partial charge in [0.05, 0.1) is 18.8 Å². The van der Waals surface area contributed by atoms with Crippen LogP contribution in [0.1, 0.15) is 32.6 Å². The van der Waals surface area contributed by atoms with Crippen molar-refractivity contribution in [3.63, 3.8) is 0 Å². The predicted molar refractivity (Wildman–Crippen MR) is 86.9 cm³/mol. The molecule has 0 N–H and O–H groups in total. The molecule has 1 heterocycles. The van der Waals surface area contributed by atoms with Crippen LogP contribution in [0.2, 0.25) is 0 Å². The lowest BCUT2D eigenvalue weighted by Gasteiger charge is -2.28. The van der Waals surface area contributed by atoms with Crippen LogP contribution in [0.4, 0.5) is 0 Å². The maximum Gasteiger partial charge on any atom is 0.107 e. The Morgan fingerprint density at radius 3 is 3.14 bits per heavy atom. The maximum absolute atomic E-state index is 6.01. The summed E-state index contributed by atoms with van der Waals surface area (Å²) in [5.74, 6) is 3.38. The minimum atomic E-state index is 0.0755. The molecule has 0 aromatic heterocycles. The van der Waals surface area contributed by atoms with E-state index in [4.69, 9.17) is 15.9 Å². The van der Waals surface area contributed by atoms with E-state index in [1.54, 1.807) is 0 Å². The van der Waals surface area contributed by atoms with Crippen LogP contribution in [0.15, 0.2) is 36.5 Å². The number of hydrogen-bond acceptors (Lipinski definition) is 2. The van der Waals surface area contributed by atoms with Crippen molar-refractivity contribution in [3.05, 3.63) is 36.5 Å². The summed E-state index contributed by atoms with van der Waals surface area (Å²) in [7, 11) is 0. The van der Waals surface area contributed by atoms with Crippen LogP contribution in [0.5, 0.6) is 0 Å². The Bertz CT molecular complexity index is 441. The van der Waals surface area contributed by atoms with E-state index in [1.165, 1.54) is 18.4 Å². The SMILES string of the molecule is C#CCO[C@H]1C2OCC(C=C)=C[C@H]2C[C@H]1/C=C/CCCC. The summed E-state index contributed by atoms with van der Waals surface area (Å²) in [4.78, 5) is 0. The number of ether oxygens (including phenoxy) is 2. The van der Waals surface area contributed by atoms with Crippen molar-refractivity contribution in [3.8, 4) is 12.3 Å². The van der Waals surface area contributed by atoms with E-state index in [1.807, 2.05) is 6.08 Å². The molecule has 0 saturated heterocycles. The first-order valence-corrected chi connectivity index (χ1v) is 7.96. The van der Waals surface area contributed by atoms with E-state index >= 15 is 0 Å². The van der Waals surface area contributed by atoms with Crippen LogP contribution in [-0.4, -0.2) is 25.4 Å². The molecular weight excluding hydrogens is 260 g/mol. The molecule has 1 aliphatic carbocycles. The summed E-state index contributed by atoms with van der Waals surface area (Å²) in [5, 5.41) is 0. The van der Waals surface area contributed by atoms with Crippen molar-refractivity contribution < 1.29 is 9.47 Å². The van der Waals surface area contributed by atoms with Crippen molar-refractivity contribution in [2.75, 3.05) is 13.2 Å². The van der Waals surface area contributed by atoms with E-state index in [-0.39, 0.29) is 12.2 Å². The molecule has 1 fully saturated rings. The van der Waals surface area contributed by atoms with Crippen LogP contribution in [0.25, 0.3) is 0 Å². The molecule has 21 heavy (non-hydrogen) atoms. The number of fused-ring (bicyclic) bond motifs is 1. The molecule has 4 atom stereocenters. The monoisotopic (exact) mass is 286 g/mol. The molecule has 0 radical (unpaired) electrons. The lowest BCUT2D eigenvalue weighted by atomic mass is 9.98. The second-order valence-corrected chi connectivity index (χ2v) is 5.83. The van der Waals surface area contributed by atoms with E-state index in [9.17, 15) is 0 Å². The molecule has 114 valence electrons. The van der Waals surface area contributed by atoms with Gasteiger partial charge in [-0.3, -0.25) is 0 Å². The summed E-state index contributed by atoms with van der Waals surface area (Å²) in [6, 6.07) is 0. The second kappa shape index (κ2) is 8.22. The average molecular weight is 286 g/mol. The largest absolute Gasteiger partial charge is 0.370 e. The van der Waals surface area contributed by atoms with Gasteiger partial charge in [-0.25, -0.2) is 0 Å². The third kappa shape index (κ3) is 4.09. The molecule has 0 spiro atoms. The molecule has 2 rings (SSSR count). The molecule has 2 aliphatic rings. The first kappa shape index (κ1) is 16.1. The van der Waals surface area contributed by atoms with Crippen molar-refractivity contribution in [1.82, 2.24) is 0 Å². The molecular formula is C19H26O2. The topological polar surface area (TPSA) is 18.5 Å². The number of hydrogen-bond donors (Lipinski definition) is 0. The van der Waals surface area contributed by atoms with Gasteiger partial charge < -0.3 is 9.47 Å². The molecule has 1 aliphatic heterocycles. The summed E-state index contributed by atoms with van der Waals surface area (Å²) in [6.45, 7) is 7.04. The highest BCUT2D eigenvalue weighted by atomic mass is 16.5.